The van der Waals surface area contributed by atoms with Gasteiger partial charge >= 0.3 is 5.97 Å². The molecule has 1 unspecified atom stereocenters. The first kappa shape index (κ1) is 21.3. The number of hydrogen-bond donors (Lipinski definition) is 1. The molecule has 0 radical (unpaired) electrons. The molecule has 0 saturated heterocycles. The Morgan fingerprint density at radius 2 is 1.67 bits per heavy atom. The second kappa shape index (κ2) is 11.0. The number of carbonyl (C=O) groups is 2. The van der Waals surface area contributed by atoms with Crippen LogP contribution in [-0.2, 0) is 20.7 Å². The Labute approximate surface area is 169 Å². The van der Waals surface area contributed by atoms with Gasteiger partial charge < -0.3 is 10.1 Å². The molecule has 1 atom stereocenters. The third-order valence-electron chi connectivity index (χ3n) is 4.19. The minimum Gasteiger partial charge on any atom is -0.466 e. The highest BCUT2D eigenvalue weighted by molar-refractivity contribution is 6.39. The summed E-state index contributed by atoms with van der Waals surface area (Å²) in [5, 5.41) is 3.48. The first-order chi connectivity index (χ1) is 13.0. The van der Waals surface area contributed by atoms with Crippen molar-refractivity contribution >= 4 is 40.8 Å². The molecule has 0 saturated carbocycles. The van der Waals surface area contributed by atoms with Crippen LogP contribution in [-0.4, -0.2) is 18.5 Å². The lowest BCUT2D eigenvalue weighted by atomic mass is 9.95. The fourth-order valence-corrected chi connectivity index (χ4v) is 3.24. The summed E-state index contributed by atoms with van der Waals surface area (Å²) < 4.78 is 5.17. The summed E-state index contributed by atoms with van der Waals surface area (Å²) in [6.07, 6.45) is 1.96. The van der Waals surface area contributed by atoms with Crippen LogP contribution >= 0.6 is 23.2 Å². The average Bonchev–Trinajstić information content (AvgIpc) is 2.66. The van der Waals surface area contributed by atoms with Crippen LogP contribution < -0.4 is 5.32 Å². The zero-order valence-corrected chi connectivity index (χ0v) is 16.7. The Kier molecular flexibility index (Phi) is 8.62. The van der Waals surface area contributed by atoms with Gasteiger partial charge in [0.2, 0.25) is 5.91 Å². The van der Waals surface area contributed by atoms with Gasteiger partial charge in [-0.15, -0.1) is 0 Å². The molecule has 1 amide bonds. The Bertz CT molecular complexity index is 745. The molecule has 144 valence electrons. The van der Waals surface area contributed by atoms with E-state index >= 15 is 0 Å². The van der Waals surface area contributed by atoms with E-state index in [1.54, 1.807) is 25.1 Å². The molecule has 2 aromatic carbocycles. The van der Waals surface area contributed by atoms with Gasteiger partial charge in [0.15, 0.2) is 0 Å². The van der Waals surface area contributed by atoms with Crippen LogP contribution in [0.15, 0.2) is 48.5 Å². The highest BCUT2D eigenvalue weighted by Gasteiger charge is 2.21. The summed E-state index contributed by atoms with van der Waals surface area (Å²) in [4.78, 5) is 24.5. The summed E-state index contributed by atoms with van der Waals surface area (Å²) in [5.74, 6) is -0.839. The number of aryl methyl sites for hydroxylation is 1. The van der Waals surface area contributed by atoms with Crippen molar-refractivity contribution in [3.05, 3.63) is 64.1 Å². The van der Waals surface area contributed by atoms with Gasteiger partial charge in [0.05, 0.1) is 28.3 Å². The molecular formula is C21H23Cl2NO3. The fraction of sp³-hybridized carbons (Fsp3) is 0.333. The van der Waals surface area contributed by atoms with Crippen LogP contribution in [0.5, 0.6) is 0 Å². The molecule has 0 fully saturated rings. The van der Waals surface area contributed by atoms with Gasteiger partial charge in [-0.1, -0.05) is 59.6 Å². The summed E-state index contributed by atoms with van der Waals surface area (Å²) in [5.41, 5.74) is 1.54. The van der Waals surface area contributed by atoms with Gasteiger partial charge in [-0.25, -0.2) is 0 Å². The number of esters is 1. The SMILES string of the molecule is CCOC(=O)C(CCC(=O)Nc1c(Cl)cccc1Cl)CCc1ccccc1. The quantitative estimate of drug-likeness (QED) is 0.556. The third kappa shape index (κ3) is 6.89. The number of para-hydroxylation sites is 1. The summed E-state index contributed by atoms with van der Waals surface area (Å²) in [6, 6.07) is 15.0. The molecule has 6 heteroatoms. The van der Waals surface area contributed by atoms with Gasteiger partial charge in [-0.2, -0.15) is 0 Å². The second-order valence-corrected chi connectivity index (χ2v) is 6.97. The van der Waals surface area contributed by atoms with Crippen molar-refractivity contribution in [1.29, 1.82) is 0 Å². The van der Waals surface area contributed by atoms with Crippen LogP contribution in [0.4, 0.5) is 5.69 Å². The maximum Gasteiger partial charge on any atom is 0.308 e. The molecule has 0 aliphatic carbocycles. The molecule has 0 bridgehead atoms. The topological polar surface area (TPSA) is 55.4 Å². The molecular weight excluding hydrogens is 385 g/mol. The van der Waals surface area contributed by atoms with Crippen molar-refractivity contribution in [1.82, 2.24) is 0 Å². The van der Waals surface area contributed by atoms with Crippen LogP contribution in [0.1, 0.15) is 31.7 Å². The largest absolute Gasteiger partial charge is 0.466 e. The van der Waals surface area contributed by atoms with Gasteiger partial charge in [0.1, 0.15) is 0 Å². The van der Waals surface area contributed by atoms with E-state index in [0.29, 0.717) is 35.2 Å². The van der Waals surface area contributed by atoms with Crippen LogP contribution in [0, 0.1) is 5.92 Å². The van der Waals surface area contributed by atoms with E-state index in [1.165, 1.54) is 0 Å². The molecule has 2 rings (SSSR count). The lowest BCUT2D eigenvalue weighted by molar-refractivity contribution is -0.148. The third-order valence-corrected chi connectivity index (χ3v) is 4.82. The van der Waals surface area contributed by atoms with Crippen molar-refractivity contribution in [2.45, 2.75) is 32.6 Å². The molecule has 4 nitrogen and oxygen atoms in total. The number of amides is 1. The number of nitrogens with one attached hydrogen (secondary N) is 1. The minimum atomic E-state index is -0.336. The fourth-order valence-electron chi connectivity index (χ4n) is 2.75. The van der Waals surface area contributed by atoms with Gasteiger partial charge in [0.25, 0.3) is 0 Å². The lowest BCUT2D eigenvalue weighted by Crippen LogP contribution is -2.21. The minimum absolute atomic E-state index is 0.180. The van der Waals surface area contributed by atoms with E-state index in [-0.39, 0.29) is 24.2 Å². The number of carbonyl (C=O) groups excluding carboxylic acids is 2. The van der Waals surface area contributed by atoms with Crippen molar-refractivity contribution in [3.8, 4) is 0 Å². The van der Waals surface area contributed by atoms with Crippen LogP contribution in [0.25, 0.3) is 0 Å². The molecule has 0 spiro atoms. The predicted molar refractivity (Wildman–Crippen MR) is 109 cm³/mol. The number of benzene rings is 2. The van der Waals surface area contributed by atoms with E-state index in [1.807, 2.05) is 30.3 Å². The smallest absolute Gasteiger partial charge is 0.308 e. The number of ether oxygens (including phenoxy) is 1. The Morgan fingerprint density at radius 3 is 2.30 bits per heavy atom. The Morgan fingerprint density at radius 1 is 1.00 bits per heavy atom. The summed E-state index contributed by atoms with van der Waals surface area (Å²) >= 11 is 12.1. The zero-order chi connectivity index (χ0) is 19.6. The van der Waals surface area contributed by atoms with E-state index < -0.39 is 0 Å². The molecule has 2 aromatic rings. The highest BCUT2D eigenvalue weighted by atomic mass is 35.5. The second-order valence-electron chi connectivity index (χ2n) is 6.16. The van der Waals surface area contributed by atoms with Gasteiger partial charge in [-0.3, -0.25) is 9.59 Å². The van der Waals surface area contributed by atoms with E-state index in [4.69, 9.17) is 27.9 Å². The normalized spacial score (nSPS) is 11.7. The maximum absolute atomic E-state index is 12.3. The van der Waals surface area contributed by atoms with Crippen LogP contribution in [0.3, 0.4) is 0 Å². The summed E-state index contributed by atoms with van der Waals surface area (Å²) in [6.45, 7) is 2.10. The van der Waals surface area contributed by atoms with E-state index in [0.717, 1.165) is 12.0 Å². The molecule has 0 aromatic heterocycles. The molecule has 0 aliphatic rings. The summed E-state index contributed by atoms with van der Waals surface area (Å²) in [7, 11) is 0. The molecule has 1 N–H and O–H groups in total. The highest BCUT2D eigenvalue weighted by Crippen LogP contribution is 2.30. The van der Waals surface area contributed by atoms with Crippen molar-refractivity contribution < 1.29 is 14.3 Å². The first-order valence-electron chi connectivity index (χ1n) is 8.95. The molecule has 0 aliphatic heterocycles. The number of anilines is 1. The Balaban J connectivity index is 1.93. The van der Waals surface area contributed by atoms with Crippen molar-refractivity contribution in [2.24, 2.45) is 5.92 Å². The Hall–Kier alpha value is -2.04. The maximum atomic E-state index is 12.3. The van der Waals surface area contributed by atoms with Crippen LogP contribution in [0.2, 0.25) is 10.0 Å². The van der Waals surface area contributed by atoms with Gasteiger partial charge in [0, 0.05) is 6.42 Å². The number of halogens is 2. The van der Waals surface area contributed by atoms with E-state index in [9.17, 15) is 9.59 Å². The number of rotatable bonds is 9. The van der Waals surface area contributed by atoms with E-state index in [2.05, 4.69) is 5.32 Å². The predicted octanol–water partition coefficient (Wildman–Crippen LogP) is 5.52. The van der Waals surface area contributed by atoms with Crippen molar-refractivity contribution in [2.75, 3.05) is 11.9 Å². The zero-order valence-electron chi connectivity index (χ0n) is 15.2. The average molecular weight is 408 g/mol. The van der Waals surface area contributed by atoms with Gasteiger partial charge in [-0.05, 0) is 43.9 Å². The first-order valence-corrected chi connectivity index (χ1v) is 9.71. The monoisotopic (exact) mass is 407 g/mol. The molecule has 27 heavy (non-hydrogen) atoms. The van der Waals surface area contributed by atoms with Crippen molar-refractivity contribution in [3.63, 3.8) is 0 Å². The lowest BCUT2D eigenvalue weighted by Gasteiger charge is -2.16. The standard InChI is InChI=1S/C21H23Cl2NO3/c1-2-27-21(26)16(12-11-15-7-4-3-5-8-15)13-14-19(25)24-20-17(22)9-6-10-18(20)23/h3-10,16H,2,11-14H2,1H3,(H,24,25). The molecule has 0 heterocycles. The number of hydrogen-bond acceptors (Lipinski definition) is 3.